The summed E-state index contributed by atoms with van der Waals surface area (Å²) in [5.74, 6) is -0.130. The van der Waals surface area contributed by atoms with Gasteiger partial charge in [0.05, 0.1) is 35.1 Å². The second-order valence-electron chi connectivity index (χ2n) is 9.42. The van der Waals surface area contributed by atoms with E-state index < -0.39 is 0 Å². The highest BCUT2D eigenvalue weighted by Crippen LogP contribution is 2.26. The largest absolute Gasteiger partial charge is 0.294 e. The van der Waals surface area contributed by atoms with Gasteiger partial charge in [0.1, 0.15) is 0 Å². The molecule has 0 bridgehead atoms. The zero-order valence-corrected chi connectivity index (χ0v) is 23.1. The average Bonchev–Trinajstić information content (AvgIpc) is 3.04. The number of amides is 1. The number of ketones is 1. The van der Waals surface area contributed by atoms with E-state index in [9.17, 15) is 9.59 Å². The number of nitrogens with zero attached hydrogens (tertiary/aromatic N) is 3. The molecule has 41 heavy (non-hydrogen) atoms. The second kappa shape index (κ2) is 12.3. The minimum absolute atomic E-state index is 0.0655. The zero-order chi connectivity index (χ0) is 28.8. The number of carbonyl (C=O) groups is 2. The van der Waals surface area contributed by atoms with Gasteiger partial charge in [-0.3, -0.25) is 14.4 Å². The monoisotopic (exact) mass is 539 g/mol. The Labute approximate surface area is 238 Å². The highest BCUT2D eigenvalue weighted by Gasteiger charge is 2.17. The summed E-state index contributed by atoms with van der Waals surface area (Å²) in [6, 6.07) is 38.8. The summed E-state index contributed by atoms with van der Waals surface area (Å²) in [6.45, 7) is 1.59. The van der Waals surface area contributed by atoms with E-state index in [-0.39, 0.29) is 11.7 Å². The van der Waals surface area contributed by atoms with Crippen molar-refractivity contribution in [3.8, 4) is 22.5 Å². The Bertz CT molecular complexity index is 1840. The predicted molar refractivity (Wildman–Crippen MR) is 163 cm³/mol. The van der Waals surface area contributed by atoms with Gasteiger partial charge in [0, 0.05) is 34.5 Å². The molecular formula is C35H29N3O3. The van der Waals surface area contributed by atoms with Gasteiger partial charge in [-0.1, -0.05) is 97.1 Å². The van der Waals surface area contributed by atoms with Crippen LogP contribution in [0.1, 0.15) is 27.6 Å². The number of aromatic nitrogens is 2. The molecule has 0 atom stereocenters. The fraction of sp³-hybridized carbons (Fsp3) is 0.0857. The number of hydrogen-bond acceptors (Lipinski definition) is 5. The zero-order valence-electron chi connectivity index (χ0n) is 23.1. The quantitative estimate of drug-likeness (QED) is 0.166. The molecule has 6 aromatic rings. The predicted octanol–water partition coefficient (Wildman–Crippen LogP) is 7.64. The molecule has 202 valence electrons. The van der Waals surface area contributed by atoms with Crippen LogP contribution in [-0.2, 0) is 4.84 Å². The van der Waals surface area contributed by atoms with Crippen LogP contribution in [0.25, 0.3) is 44.3 Å². The van der Waals surface area contributed by atoms with E-state index in [0.717, 1.165) is 49.9 Å². The Hall–Kier alpha value is -5.20. The normalized spacial score (nSPS) is 10.6. The number of Topliss-reactive ketones (excluding diaryl/α,β-unsaturated/α-hetero) is 1. The van der Waals surface area contributed by atoms with Crippen molar-refractivity contribution >= 4 is 33.5 Å². The van der Waals surface area contributed by atoms with Crippen LogP contribution in [0.5, 0.6) is 0 Å². The fourth-order valence-corrected chi connectivity index (χ4v) is 4.59. The molecule has 6 rings (SSSR count). The van der Waals surface area contributed by atoms with Gasteiger partial charge in [-0.2, -0.15) is 0 Å². The lowest BCUT2D eigenvalue weighted by Crippen LogP contribution is -2.25. The minimum atomic E-state index is -0.196. The third kappa shape index (κ3) is 6.03. The van der Waals surface area contributed by atoms with Crippen LogP contribution < -0.4 is 0 Å². The van der Waals surface area contributed by atoms with Crippen molar-refractivity contribution in [3.63, 3.8) is 0 Å². The summed E-state index contributed by atoms with van der Waals surface area (Å²) < 4.78 is 0. The maximum absolute atomic E-state index is 12.5. The standard InChI is InChI=1S/C18H16N2O2.C17H13NO/c1-20(22-2)18(21)15-12-17(13-8-4-3-5-9-13)19-16-11-7-6-10-14(15)16;1-12(19)15-11-17(13-7-3-2-4-8-13)18-16-10-6-5-9-14(15)16/h3-12H,1-2H3;2-11H,1H3. The van der Waals surface area contributed by atoms with Gasteiger partial charge < -0.3 is 0 Å². The Morgan fingerprint density at radius 2 is 1.02 bits per heavy atom. The third-order valence-corrected chi connectivity index (χ3v) is 6.74. The molecule has 0 saturated carbocycles. The lowest BCUT2D eigenvalue weighted by Gasteiger charge is -2.16. The lowest BCUT2D eigenvalue weighted by molar-refractivity contribution is -0.0755. The van der Waals surface area contributed by atoms with Crippen LogP contribution >= 0.6 is 0 Å². The molecule has 0 radical (unpaired) electrons. The van der Waals surface area contributed by atoms with Crippen LogP contribution in [0.3, 0.4) is 0 Å². The first-order chi connectivity index (χ1) is 20.0. The van der Waals surface area contributed by atoms with Crippen molar-refractivity contribution in [2.24, 2.45) is 0 Å². The van der Waals surface area contributed by atoms with Gasteiger partial charge in [-0.15, -0.1) is 0 Å². The van der Waals surface area contributed by atoms with Crippen molar-refractivity contribution in [3.05, 3.63) is 132 Å². The van der Waals surface area contributed by atoms with E-state index in [1.165, 1.54) is 12.2 Å². The van der Waals surface area contributed by atoms with Crippen molar-refractivity contribution < 1.29 is 14.4 Å². The summed E-state index contributed by atoms with van der Waals surface area (Å²) in [5.41, 5.74) is 6.55. The van der Waals surface area contributed by atoms with E-state index in [2.05, 4.69) is 9.97 Å². The van der Waals surface area contributed by atoms with Crippen molar-refractivity contribution in [2.45, 2.75) is 6.92 Å². The average molecular weight is 540 g/mol. The molecule has 0 fully saturated rings. The third-order valence-electron chi connectivity index (χ3n) is 6.74. The summed E-state index contributed by atoms with van der Waals surface area (Å²) in [4.78, 5) is 38.7. The number of carbonyl (C=O) groups excluding carboxylic acids is 2. The molecule has 0 aliphatic rings. The number of hydrogen-bond donors (Lipinski definition) is 0. The van der Waals surface area contributed by atoms with E-state index in [1.54, 1.807) is 14.0 Å². The molecule has 0 unspecified atom stereocenters. The Morgan fingerprint density at radius 3 is 1.49 bits per heavy atom. The molecule has 0 spiro atoms. The summed E-state index contributed by atoms with van der Waals surface area (Å²) >= 11 is 0. The molecule has 0 saturated heterocycles. The van der Waals surface area contributed by atoms with Crippen molar-refractivity contribution in [1.82, 2.24) is 15.0 Å². The lowest BCUT2D eigenvalue weighted by atomic mass is 10.0. The van der Waals surface area contributed by atoms with E-state index in [1.807, 2.05) is 121 Å². The number of rotatable bonds is 5. The van der Waals surface area contributed by atoms with E-state index in [0.29, 0.717) is 5.56 Å². The molecular weight excluding hydrogens is 510 g/mol. The van der Waals surface area contributed by atoms with Gasteiger partial charge in [-0.05, 0) is 31.2 Å². The van der Waals surface area contributed by atoms with Crippen molar-refractivity contribution in [2.75, 3.05) is 14.2 Å². The molecule has 0 N–H and O–H groups in total. The van der Waals surface area contributed by atoms with Crippen LogP contribution in [0, 0.1) is 0 Å². The fourth-order valence-electron chi connectivity index (χ4n) is 4.59. The maximum Gasteiger partial charge on any atom is 0.277 e. The van der Waals surface area contributed by atoms with E-state index in [4.69, 9.17) is 4.84 Å². The van der Waals surface area contributed by atoms with Crippen LogP contribution in [0.4, 0.5) is 0 Å². The summed E-state index contributed by atoms with van der Waals surface area (Å²) in [5, 5.41) is 2.95. The number of benzene rings is 4. The summed E-state index contributed by atoms with van der Waals surface area (Å²) in [6.07, 6.45) is 0. The first-order valence-electron chi connectivity index (χ1n) is 13.2. The van der Waals surface area contributed by atoms with Crippen LogP contribution in [0.15, 0.2) is 121 Å². The molecule has 2 aromatic heterocycles. The number of hydroxylamine groups is 2. The first kappa shape index (κ1) is 27.4. The van der Waals surface area contributed by atoms with Crippen molar-refractivity contribution in [1.29, 1.82) is 0 Å². The van der Waals surface area contributed by atoms with Gasteiger partial charge in [-0.25, -0.2) is 15.0 Å². The maximum atomic E-state index is 12.5. The highest BCUT2D eigenvalue weighted by atomic mass is 16.7. The number of para-hydroxylation sites is 2. The van der Waals surface area contributed by atoms with Crippen LogP contribution in [-0.4, -0.2) is 40.9 Å². The van der Waals surface area contributed by atoms with Gasteiger partial charge in [0.2, 0.25) is 0 Å². The van der Waals surface area contributed by atoms with Gasteiger partial charge in [0.15, 0.2) is 5.78 Å². The number of fused-ring (bicyclic) bond motifs is 2. The topological polar surface area (TPSA) is 72.4 Å². The molecule has 6 heteroatoms. The first-order valence-corrected chi connectivity index (χ1v) is 13.2. The van der Waals surface area contributed by atoms with Crippen LogP contribution in [0.2, 0.25) is 0 Å². The van der Waals surface area contributed by atoms with Gasteiger partial charge in [0.25, 0.3) is 5.91 Å². The van der Waals surface area contributed by atoms with Gasteiger partial charge >= 0.3 is 0 Å². The Morgan fingerprint density at radius 1 is 0.610 bits per heavy atom. The second-order valence-corrected chi connectivity index (χ2v) is 9.42. The molecule has 4 aromatic carbocycles. The summed E-state index contributed by atoms with van der Waals surface area (Å²) in [7, 11) is 3.07. The smallest absolute Gasteiger partial charge is 0.277 e. The Kier molecular flexibility index (Phi) is 8.23. The molecule has 6 nitrogen and oxygen atoms in total. The Balaban J connectivity index is 0.000000166. The molecule has 0 aliphatic heterocycles. The minimum Gasteiger partial charge on any atom is -0.294 e. The SMILES string of the molecule is CC(=O)c1cc(-c2ccccc2)nc2ccccc12.CON(C)C(=O)c1cc(-c2ccccc2)nc2ccccc12. The molecule has 1 amide bonds. The van der Waals surface area contributed by atoms with E-state index >= 15 is 0 Å². The molecule has 2 heterocycles. The highest BCUT2D eigenvalue weighted by molar-refractivity contribution is 6.07. The molecule has 0 aliphatic carbocycles. The number of pyridine rings is 2.